The first-order valence-electron chi connectivity index (χ1n) is 10.9. The van der Waals surface area contributed by atoms with E-state index in [9.17, 15) is 8.42 Å². The highest BCUT2D eigenvalue weighted by molar-refractivity contribution is 7.92. The van der Waals surface area contributed by atoms with Crippen molar-refractivity contribution in [1.82, 2.24) is 18.9 Å². The highest BCUT2D eigenvalue weighted by atomic mass is 35.5. The number of halogens is 1. The number of hydrogen-bond donors (Lipinski definition) is 1. The minimum Gasteiger partial charge on any atom is -0.370 e. The van der Waals surface area contributed by atoms with Crippen molar-refractivity contribution in [2.75, 3.05) is 25.5 Å². The molecule has 0 aliphatic rings. The van der Waals surface area contributed by atoms with Crippen LogP contribution in [0.15, 0.2) is 72.3 Å². The Kier molecular flexibility index (Phi) is 7.36. The van der Waals surface area contributed by atoms with Crippen LogP contribution in [-0.2, 0) is 10.0 Å². The Morgan fingerprint density at radius 3 is 2.65 bits per heavy atom. The molecule has 7 nitrogen and oxygen atoms in total. The minimum atomic E-state index is -3.50. The minimum absolute atomic E-state index is 0.373. The van der Waals surface area contributed by atoms with Gasteiger partial charge in [0.1, 0.15) is 13.7 Å². The maximum Gasteiger partial charge on any atom is 0.235 e. The van der Waals surface area contributed by atoms with E-state index in [2.05, 4.69) is 10.4 Å². The van der Waals surface area contributed by atoms with Crippen molar-refractivity contribution in [2.24, 2.45) is 0 Å². The molecule has 4 aromatic rings. The second-order valence-corrected chi connectivity index (χ2v) is 10.3. The van der Waals surface area contributed by atoms with Crippen LogP contribution in [0.1, 0.15) is 12.0 Å². The van der Waals surface area contributed by atoms with Crippen LogP contribution >= 0.6 is 11.6 Å². The molecule has 0 radical (unpaired) electrons. The van der Waals surface area contributed by atoms with Crippen molar-refractivity contribution in [3.63, 3.8) is 0 Å². The van der Waals surface area contributed by atoms with Crippen molar-refractivity contribution < 1.29 is 8.42 Å². The van der Waals surface area contributed by atoms with Gasteiger partial charge in [-0.15, -0.1) is 0 Å². The molecule has 10 heteroatoms. The molecule has 0 aliphatic carbocycles. The van der Waals surface area contributed by atoms with Gasteiger partial charge in [0.2, 0.25) is 10.0 Å². The molecule has 0 saturated carbocycles. The number of fused-ring (bicyclic) bond motifs is 1. The fraction of sp³-hybridized carbons (Fsp3) is 0.167. The average Bonchev–Trinajstić information content (AvgIpc) is 3.22. The van der Waals surface area contributed by atoms with Crippen LogP contribution in [0.25, 0.3) is 23.0 Å². The molecule has 0 fully saturated rings. The number of aromatic nitrogens is 3. The van der Waals surface area contributed by atoms with Crippen LogP contribution in [0.2, 0.25) is 5.02 Å². The van der Waals surface area contributed by atoms with Crippen molar-refractivity contribution in [3.05, 3.63) is 82.9 Å². The van der Waals surface area contributed by atoms with Gasteiger partial charge >= 0.3 is 0 Å². The molecule has 0 saturated heterocycles. The maximum absolute atomic E-state index is 12.6. The van der Waals surface area contributed by atoms with Crippen LogP contribution in [0, 0.1) is 0 Å². The van der Waals surface area contributed by atoms with E-state index in [-0.39, 0.29) is 0 Å². The van der Waals surface area contributed by atoms with Gasteiger partial charge in [-0.1, -0.05) is 60.1 Å². The molecule has 0 unspecified atom stereocenters. The Bertz CT molecular complexity index is 1420. The second-order valence-electron chi connectivity index (χ2n) is 7.93. The van der Waals surface area contributed by atoms with Gasteiger partial charge in [0, 0.05) is 48.4 Å². The van der Waals surface area contributed by atoms with Crippen LogP contribution in [0.5, 0.6) is 0 Å². The van der Waals surface area contributed by atoms with Gasteiger partial charge in [-0.3, -0.25) is 0 Å². The lowest BCUT2D eigenvalue weighted by atomic mass is 10.0. The van der Waals surface area contributed by atoms with Crippen LogP contribution < -0.4 is 10.8 Å². The zero-order valence-corrected chi connectivity index (χ0v) is 20.6. The van der Waals surface area contributed by atoms with Gasteiger partial charge < -0.3 is 5.32 Å². The van der Waals surface area contributed by atoms with E-state index >= 15 is 0 Å². The Morgan fingerprint density at radius 2 is 1.88 bits per heavy atom. The van der Waals surface area contributed by atoms with E-state index in [1.807, 2.05) is 68.5 Å². The molecule has 174 valence electrons. The predicted octanol–water partition coefficient (Wildman–Crippen LogP) is 3.04. The van der Waals surface area contributed by atoms with Crippen molar-refractivity contribution >= 4 is 52.5 Å². The zero-order chi connectivity index (χ0) is 24.1. The van der Waals surface area contributed by atoms with Gasteiger partial charge in [-0.2, -0.15) is 9.61 Å². The summed E-state index contributed by atoms with van der Waals surface area (Å²) in [6.07, 6.45) is 3.98. The van der Waals surface area contributed by atoms with E-state index in [1.54, 1.807) is 23.8 Å². The van der Waals surface area contributed by atoms with E-state index in [0.29, 0.717) is 24.5 Å². The first kappa shape index (κ1) is 24.0. The Morgan fingerprint density at radius 1 is 1.15 bits per heavy atom. The Hall–Kier alpha value is -3.14. The van der Waals surface area contributed by atoms with Crippen LogP contribution in [0.4, 0.5) is 5.82 Å². The third-order valence-electron chi connectivity index (χ3n) is 5.42. The van der Waals surface area contributed by atoms with Crippen molar-refractivity contribution in [2.45, 2.75) is 6.42 Å². The summed E-state index contributed by atoms with van der Waals surface area (Å²) >= 11 is 6.39. The monoisotopic (exact) mass is 493 g/mol. The van der Waals surface area contributed by atoms with E-state index in [1.165, 1.54) is 9.71 Å². The summed E-state index contributed by atoms with van der Waals surface area (Å²) in [7, 11) is 0.0420. The molecule has 0 bridgehead atoms. The van der Waals surface area contributed by atoms with Crippen LogP contribution in [-0.4, -0.2) is 55.3 Å². The quantitative estimate of drug-likeness (QED) is 0.286. The summed E-state index contributed by atoms with van der Waals surface area (Å²) < 4.78 is 28.2. The normalized spacial score (nSPS) is 12.1. The summed E-state index contributed by atoms with van der Waals surface area (Å²) in [5, 5.41) is 9.66. The fourth-order valence-corrected chi connectivity index (χ4v) is 4.64. The third-order valence-corrected chi connectivity index (χ3v) is 7.28. The number of nitrogens with one attached hydrogen (secondary N) is 1. The summed E-state index contributed by atoms with van der Waals surface area (Å²) in [6, 6.07) is 18.8. The molecule has 0 aliphatic heterocycles. The SMILES string of the molecule is Bc1cnn2c(NCCCN(C)S(=O)(=O)/C=C/c3ccccc3)cc(-c3ccccc3Cl)nc12. The van der Waals surface area contributed by atoms with Gasteiger partial charge in [-0.05, 0) is 29.6 Å². The summed E-state index contributed by atoms with van der Waals surface area (Å²) in [5.41, 5.74) is 4.12. The van der Waals surface area contributed by atoms with Gasteiger partial charge in [0.15, 0.2) is 5.65 Å². The molecule has 0 atom stereocenters. The Balaban J connectivity index is 1.43. The molecule has 2 aromatic heterocycles. The first-order chi connectivity index (χ1) is 16.3. The molecular weight excluding hydrogens is 469 g/mol. The largest absolute Gasteiger partial charge is 0.370 e. The van der Waals surface area contributed by atoms with E-state index in [4.69, 9.17) is 16.6 Å². The number of anilines is 1. The van der Waals surface area contributed by atoms with Gasteiger partial charge in [-0.25, -0.2) is 17.7 Å². The number of sulfonamides is 1. The van der Waals surface area contributed by atoms with Crippen molar-refractivity contribution in [1.29, 1.82) is 0 Å². The van der Waals surface area contributed by atoms with Crippen molar-refractivity contribution in [3.8, 4) is 11.3 Å². The van der Waals surface area contributed by atoms with Crippen LogP contribution in [0.3, 0.4) is 0 Å². The molecule has 2 aromatic carbocycles. The zero-order valence-electron chi connectivity index (χ0n) is 19.0. The molecule has 2 heterocycles. The molecule has 0 spiro atoms. The topological polar surface area (TPSA) is 79.6 Å². The predicted molar refractivity (Wildman–Crippen MR) is 142 cm³/mol. The third kappa shape index (κ3) is 5.49. The smallest absolute Gasteiger partial charge is 0.235 e. The molecule has 1 N–H and O–H groups in total. The lowest BCUT2D eigenvalue weighted by molar-refractivity contribution is 0.473. The first-order valence-corrected chi connectivity index (χ1v) is 12.8. The molecule has 4 rings (SSSR count). The summed E-state index contributed by atoms with van der Waals surface area (Å²) in [5.74, 6) is 0.766. The molecule has 0 amide bonds. The maximum atomic E-state index is 12.6. The summed E-state index contributed by atoms with van der Waals surface area (Å²) in [6.45, 7) is 0.931. The molecular formula is C24H25BClN5O2S. The molecule has 34 heavy (non-hydrogen) atoms. The summed E-state index contributed by atoms with van der Waals surface area (Å²) in [4.78, 5) is 4.74. The van der Waals surface area contributed by atoms with E-state index < -0.39 is 10.0 Å². The lowest BCUT2D eigenvalue weighted by Gasteiger charge is -2.16. The van der Waals surface area contributed by atoms with Gasteiger partial charge in [0.25, 0.3) is 0 Å². The van der Waals surface area contributed by atoms with Gasteiger partial charge in [0.05, 0.1) is 5.69 Å². The number of nitrogens with zero attached hydrogens (tertiary/aromatic N) is 4. The number of hydrogen-bond acceptors (Lipinski definition) is 5. The number of rotatable bonds is 9. The number of benzene rings is 2. The Labute approximate surface area is 205 Å². The second kappa shape index (κ2) is 10.4. The highest BCUT2D eigenvalue weighted by Crippen LogP contribution is 2.28. The fourth-order valence-electron chi connectivity index (χ4n) is 3.48. The average molecular weight is 494 g/mol. The standard InChI is InChI=1S/C24H25BClN5O2S/c1-30(34(32,33)15-12-18-8-3-2-4-9-18)14-7-13-27-23-16-22(19-10-5-6-11-21(19)26)29-24-20(25)17-28-31(23)24/h2-6,8-12,15-17,27H,7,13-14,25H2,1H3/b15-12+. The van der Waals surface area contributed by atoms with E-state index in [0.717, 1.165) is 33.7 Å². The highest BCUT2D eigenvalue weighted by Gasteiger charge is 2.15. The lowest BCUT2D eigenvalue weighted by Crippen LogP contribution is -2.27.